The SMILES string of the molecule is CCc1nc(NCc2ccccc2)c2cnn(-c3ccccc3)c2n1. The summed E-state index contributed by atoms with van der Waals surface area (Å²) in [5, 5.41) is 8.90. The minimum absolute atomic E-state index is 0.715. The number of aryl methyl sites for hydroxylation is 1. The summed E-state index contributed by atoms with van der Waals surface area (Å²) in [7, 11) is 0. The highest BCUT2D eigenvalue weighted by Crippen LogP contribution is 2.23. The molecule has 25 heavy (non-hydrogen) atoms. The number of rotatable bonds is 5. The van der Waals surface area contributed by atoms with Crippen molar-refractivity contribution in [3.8, 4) is 5.69 Å². The fourth-order valence-electron chi connectivity index (χ4n) is 2.79. The lowest BCUT2D eigenvalue weighted by atomic mass is 10.2. The zero-order chi connectivity index (χ0) is 17.1. The largest absolute Gasteiger partial charge is 0.365 e. The number of benzene rings is 2. The Hall–Kier alpha value is -3.21. The molecule has 5 nitrogen and oxygen atoms in total. The second-order valence-electron chi connectivity index (χ2n) is 5.81. The zero-order valence-electron chi connectivity index (χ0n) is 14.1. The van der Waals surface area contributed by atoms with Crippen LogP contribution in [0.5, 0.6) is 0 Å². The molecule has 0 fully saturated rings. The predicted octanol–water partition coefficient (Wildman–Crippen LogP) is 3.99. The molecule has 1 N–H and O–H groups in total. The third kappa shape index (κ3) is 3.08. The Morgan fingerprint density at radius 2 is 1.64 bits per heavy atom. The molecule has 0 saturated carbocycles. The molecule has 2 heterocycles. The number of hydrogen-bond donors (Lipinski definition) is 1. The van der Waals surface area contributed by atoms with E-state index in [-0.39, 0.29) is 0 Å². The molecule has 0 saturated heterocycles. The van der Waals surface area contributed by atoms with Crippen molar-refractivity contribution in [2.75, 3.05) is 5.32 Å². The average Bonchev–Trinajstić information content (AvgIpc) is 3.11. The van der Waals surface area contributed by atoms with Crippen LogP contribution >= 0.6 is 0 Å². The minimum Gasteiger partial charge on any atom is -0.365 e. The molecular weight excluding hydrogens is 310 g/mol. The molecule has 2 aromatic carbocycles. The van der Waals surface area contributed by atoms with E-state index in [0.717, 1.165) is 34.8 Å². The van der Waals surface area contributed by atoms with Gasteiger partial charge in [-0.2, -0.15) is 5.10 Å². The van der Waals surface area contributed by atoms with Gasteiger partial charge in [-0.25, -0.2) is 14.6 Å². The van der Waals surface area contributed by atoms with Crippen molar-refractivity contribution in [1.29, 1.82) is 0 Å². The van der Waals surface area contributed by atoms with Gasteiger partial charge in [-0.05, 0) is 17.7 Å². The Bertz CT molecular complexity index is 977. The molecule has 0 radical (unpaired) electrons. The van der Waals surface area contributed by atoms with E-state index >= 15 is 0 Å². The summed E-state index contributed by atoms with van der Waals surface area (Å²) in [4.78, 5) is 9.36. The lowest BCUT2D eigenvalue weighted by Gasteiger charge is -2.09. The van der Waals surface area contributed by atoms with E-state index in [4.69, 9.17) is 4.98 Å². The second kappa shape index (κ2) is 6.73. The third-order valence-corrected chi connectivity index (χ3v) is 4.09. The minimum atomic E-state index is 0.715. The van der Waals surface area contributed by atoms with E-state index in [0.29, 0.717) is 6.54 Å². The molecule has 0 bridgehead atoms. The summed E-state index contributed by atoms with van der Waals surface area (Å²) < 4.78 is 1.86. The first-order valence-electron chi connectivity index (χ1n) is 8.43. The molecule has 2 aromatic heterocycles. The third-order valence-electron chi connectivity index (χ3n) is 4.09. The second-order valence-corrected chi connectivity index (χ2v) is 5.81. The fourth-order valence-corrected chi connectivity index (χ4v) is 2.79. The van der Waals surface area contributed by atoms with Crippen LogP contribution in [0.25, 0.3) is 16.7 Å². The summed E-state index contributed by atoms with van der Waals surface area (Å²) in [5.41, 5.74) is 3.03. The predicted molar refractivity (Wildman–Crippen MR) is 99.8 cm³/mol. The quantitative estimate of drug-likeness (QED) is 0.601. The molecule has 4 aromatic rings. The van der Waals surface area contributed by atoms with Crippen LogP contribution < -0.4 is 5.32 Å². The van der Waals surface area contributed by atoms with E-state index in [1.807, 2.05) is 59.4 Å². The van der Waals surface area contributed by atoms with E-state index in [1.165, 1.54) is 5.56 Å². The Morgan fingerprint density at radius 1 is 0.920 bits per heavy atom. The van der Waals surface area contributed by atoms with Crippen molar-refractivity contribution in [1.82, 2.24) is 19.7 Å². The molecule has 0 aliphatic heterocycles. The maximum atomic E-state index is 4.70. The van der Waals surface area contributed by atoms with Gasteiger partial charge in [0.1, 0.15) is 11.6 Å². The summed E-state index contributed by atoms with van der Waals surface area (Å²) in [6.45, 7) is 2.78. The molecule has 0 unspecified atom stereocenters. The normalized spacial score (nSPS) is 10.9. The standard InChI is InChI=1S/C20H19N5/c1-2-18-23-19(21-13-15-9-5-3-6-10-15)17-14-22-25(20(17)24-18)16-11-7-4-8-12-16/h3-12,14H,2,13H2,1H3,(H,21,23,24). The van der Waals surface area contributed by atoms with Gasteiger partial charge in [-0.1, -0.05) is 55.5 Å². The van der Waals surface area contributed by atoms with Crippen LogP contribution in [0.2, 0.25) is 0 Å². The Morgan fingerprint density at radius 3 is 2.36 bits per heavy atom. The first-order valence-corrected chi connectivity index (χ1v) is 8.43. The van der Waals surface area contributed by atoms with Gasteiger partial charge in [-0.15, -0.1) is 0 Å². The van der Waals surface area contributed by atoms with Crippen molar-refractivity contribution < 1.29 is 0 Å². The van der Waals surface area contributed by atoms with Gasteiger partial charge in [0.2, 0.25) is 0 Å². The lowest BCUT2D eigenvalue weighted by molar-refractivity contribution is 0.876. The van der Waals surface area contributed by atoms with Crippen LogP contribution in [-0.4, -0.2) is 19.7 Å². The molecule has 0 spiro atoms. The molecule has 4 rings (SSSR count). The van der Waals surface area contributed by atoms with Crippen LogP contribution in [0.3, 0.4) is 0 Å². The number of fused-ring (bicyclic) bond motifs is 1. The van der Waals surface area contributed by atoms with Crippen LogP contribution in [0.1, 0.15) is 18.3 Å². The van der Waals surface area contributed by atoms with Gasteiger partial charge >= 0.3 is 0 Å². The summed E-state index contributed by atoms with van der Waals surface area (Å²) >= 11 is 0. The molecule has 0 aliphatic rings. The van der Waals surface area contributed by atoms with Crippen molar-refractivity contribution >= 4 is 16.9 Å². The van der Waals surface area contributed by atoms with Gasteiger partial charge < -0.3 is 5.32 Å². The summed E-state index contributed by atoms with van der Waals surface area (Å²) in [6, 6.07) is 20.3. The van der Waals surface area contributed by atoms with E-state index < -0.39 is 0 Å². The van der Waals surface area contributed by atoms with E-state index in [9.17, 15) is 0 Å². The molecule has 0 amide bonds. The Kier molecular flexibility index (Phi) is 4.12. The summed E-state index contributed by atoms with van der Waals surface area (Å²) in [6.07, 6.45) is 2.60. The maximum absolute atomic E-state index is 4.70. The monoisotopic (exact) mass is 329 g/mol. The lowest BCUT2D eigenvalue weighted by Crippen LogP contribution is -2.06. The van der Waals surface area contributed by atoms with Gasteiger partial charge in [-0.3, -0.25) is 0 Å². The summed E-state index contributed by atoms with van der Waals surface area (Å²) in [5.74, 6) is 1.63. The van der Waals surface area contributed by atoms with Gasteiger partial charge in [0.15, 0.2) is 5.65 Å². The van der Waals surface area contributed by atoms with Crippen LogP contribution in [0.15, 0.2) is 66.9 Å². The highest BCUT2D eigenvalue weighted by Gasteiger charge is 2.13. The van der Waals surface area contributed by atoms with Gasteiger partial charge in [0.25, 0.3) is 0 Å². The van der Waals surface area contributed by atoms with Gasteiger partial charge in [0.05, 0.1) is 17.3 Å². The highest BCUT2D eigenvalue weighted by molar-refractivity contribution is 5.87. The number of aromatic nitrogens is 4. The van der Waals surface area contributed by atoms with Crippen LogP contribution in [0, 0.1) is 0 Å². The smallest absolute Gasteiger partial charge is 0.168 e. The fraction of sp³-hybridized carbons (Fsp3) is 0.150. The van der Waals surface area contributed by atoms with E-state index in [1.54, 1.807) is 0 Å². The molecule has 124 valence electrons. The molecule has 0 atom stereocenters. The number of para-hydroxylation sites is 1. The number of hydrogen-bond acceptors (Lipinski definition) is 4. The van der Waals surface area contributed by atoms with Crippen LogP contribution in [-0.2, 0) is 13.0 Å². The van der Waals surface area contributed by atoms with Crippen molar-refractivity contribution in [2.24, 2.45) is 0 Å². The zero-order valence-corrected chi connectivity index (χ0v) is 14.1. The topological polar surface area (TPSA) is 55.6 Å². The number of anilines is 1. The van der Waals surface area contributed by atoms with Crippen molar-refractivity contribution in [2.45, 2.75) is 19.9 Å². The Balaban J connectivity index is 1.75. The van der Waals surface area contributed by atoms with E-state index in [2.05, 4.69) is 34.5 Å². The maximum Gasteiger partial charge on any atom is 0.168 e. The van der Waals surface area contributed by atoms with Crippen molar-refractivity contribution in [3.63, 3.8) is 0 Å². The van der Waals surface area contributed by atoms with Crippen LogP contribution in [0.4, 0.5) is 5.82 Å². The van der Waals surface area contributed by atoms with Crippen molar-refractivity contribution in [3.05, 3.63) is 78.2 Å². The van der Waals surface area contributed by atoms with Gasteiger partial charge in [0, 0.05) is 13.0 Å². The number of nitrogens with zero attached hydrogens (tertiary/aromatic N) is 4. The Labute approximate surface area is 146 Å². The molecule has 0 aliphatic carbocycles. The first kappa shape index (κ1) is 15.3. The average molecular weight is 329 g/mol. The number of nitrogens with one attached hydrogen (secondary N) is 1. The highest BCUT2D eigenvalue weighted by atomic mass is 15.3. The first-order chi connectivity index (χ1) is 12.3. The molecular formula is C20H19N5. The molecule has 5 heteroatoms.